The number of rotatable bonds is 4. The third-order valence-electron chi connectivity index (χ3n) is 3.68. The number of nitrogen functional groups attached to an aromatic ring is 1. The van der Waals surface area contributed by atoms with E-state index in [1.807, 2.05) is 18.2 Å². The van der Waals surface area contributed by atoms with E-state index in [0.29, 0.717) is 6.04 Å². The van der Waals surface area contributed by atoms with Crippen LogP contribution in [0.25, 0.3) is 0 Å². The topological polar surface area (TPSA) is 57.4 Å². The van der Waals surface area contributed by atoms with Crippen molar-refractivity contribution in [3.05, 3.63) is 23.9 Å². The Hall–Kier alpha value is -1.17. The fraction of sp³-hybridized carbons (Fsp3) is 0.615. The number of nitrogens with one attached hydrogen (secondary N) is 1. The lowest BCUT2D eigenvalue weighted by Crippen LogP contribution is -2.41. The predicted molar refractivity (Wildman–Crippen MR) is 74.0 cm³/mol. The van der Waals surface area contributed by atoms with Gasteiger partial charge in [0, 0.05) is 12.6 Å². The van der Waals surface area contributed by atoms with Gasteiger partial charge in [0.05, 0.1) is 5.69 Å². The molecular weight excluding hydrogens is 226 g/mol. The first kappa shape index (κ1) is 13.3. The maximum Gasteiger partial charge on any atom is 0.140 e. The van der Waals surface area contributed by atoms with Crippen molar-refractivity contribution in [3.8, 4) is 0 Å². The zero-order valence-corrected chi connectivity index (χ0v) is 11.3. The van der Waals surface area contributed by atoms with Crippen molar-refractivity contribution < 1.29 is 0 Å². The Bertz CT molecular complexity index is 373. The quantitative estimate of drug-likeness (QED) is 0.613. The molecule has 0 saturated carbocycles. The highest BCUT2D eigenvalue weighted by Gasteiger charge is 2.20. The van der Waals surface area contributed by atoms with Crippen LogP contribution in [0, 0.1) is 0 Å². The van der Waals surface area contributed by atoms with Crippen molar-refractivity contribution >= 4 is 5.82 Å². The summed E-state index contributed by atoms with van der Waals surface area (Å²) in [4.78, 5) is 9.24. The van der Waals surface area contributed by atoms with E-state index >= 15 is 0 Å². The van der Waals surface area contributed by atoms with Crippen LogP contribution in [-0.2, 0) is 6.54 Å². The van der Waals surface area contributed by atoms with Crippen LogP contribution in [0.2, 0.25) is 0 Å². The number of piperidine rings is 1. The Morgan fingerprint density at radius 1 is 1.44 bits per heavy atom. The standard InChI is InChI=1S/C13H23N5/c1-17-8-6-12(7-9-17)18(2)10-11-4-3-5-13(15-11)16-14/h3-5,12H,6-10,14H2,1-2H3,(H,15,16). The summed E-state index contributed by atoms with van der Waals surface area (Å²) in [6.07, 6.45) is 2.48. The van der Waals surface area contributed by atoms with Gasteiger partial charge in [0.1, 0.15) is 5.82 Å². The van der Waals surface area contributed by atoms with Gasteiger partial charge in [-0.1, -0.05) is 6.07 Å². The molecule has 1 saturated heterocycles. The van der Waals surface area contributed by atoms with Gasteiger partial charge in [-0.2, -0.15) is 0 Å². The third-order valence-corrected chi connectivity index (χ3v) is 3.68. The summed E-state index contributed by atoms with van der Waals surface area (Å²) in [5.74, 6) is 6.10. The summed E-state index contributed by atoms with van der Waals surface area (Å²) in [6, 6.07) is 6.57. The van der Waals surface area contributed by atoms with Crippen LogP contribution in [0.5, 0.6) is 0 Å². The number of anilines is 1. The van der Waals surface area contributed by atoms with Crippen molar-refractivity contribution in [1.82, 2.24) is 14.8 Å². The number of pyridine rings is 1. The van der Waals surface area contributed by atoms with Crippen molar-refractivity contribution in [2.24, 2.45) is 5.84 Å². The summed E-state index contributed by atoms with van der Waals surface area (Å²) in [5, 5.41) is 0. The molecule has 0 amide bonds. The summed E-state index contributed by atoms with van der Waals surface area (Å²) < 4.78 is 0. The minimum Gasteiger partial charge on any atom is -0.308 e. The van der Waals surface area contributed by atoms with Gasteiger partial charge in [0.2, 0.25) is 0 Å². The van der Waals surface area contributed by atoms with Crippen molar-refractivity contribution in [1.29, 1.82) is 0 Å². The molecule has 0 bridgehead atoms. The van der Waals surface area contributed by atoms with E-state index in [1.54, 1.807) is 0 Å². The molecule has 1 aromatic heterocycles. The highest BCUT2D eigenvalue weighted by Crippen LogP contribution is 2.16. The smallest absolute Gasteiger partial charge is 0.140 e. The fourth-order valence-electron chi connectivity index (χ4n) is 2.47. The van der Waals surface area contributed by atoms with E-state index in [-0.39, 0.29) is 0 Å². The zero-order valence-electron chi connectivity index (χ0n) is 11.3. The lowest BCUT2D eigenvalue weighted by Gasteiger charge is -2.34. The van der Waals surface area contributed by atoms with Gasteiger partial charge >= 0.3 is 0 Å². The Morgan fingerprint density at radius 3 is 2.83 bits per heavy atom. The molecular formula is C13H23N5. The zero-order chi connectivity index (χ0) is 13.0. The summed E-state index contributed by atoms with van der Waals surface area (Å²) in [5.41, 5.74) is 3.65. The normalized spacial score (nSPS) is 18.2. The molecule has 1 aromatic rings. The number of hydrazine groups is 1. The van der Waals surface area contributed by atoms with Gasteiger partial charge in [-0.15, -0.1) is 0 Å². The van der Waals surface area contributed by atoms with E-state index < -0.39 is 0 Å². The van der Waals surface area contributed by atoms with E-state index in [0.717, 1.165) is 18.1 Å². The molecule has 18 heavy (non-hydrogen) atoms. The van der Waals surface area contributed by atoms with Crippen LogP contribution in [-0.4, -0.2) is 48.0 Å². The molecule has 0 atom stereocenters. The number of nitrogens with zero attached hydrogens (tertiary/aromatic N) is 3. The van der Waals surface area contributed by atoms with Crippen LogP contribution in [0.15, 0.2) is 18.2 Å². The van der Waals surface area contributed by atoms with Gasteiger partial charge in [0.25, 0.3) is 0 Å². The average Bonchev–Trinajstić information content (AvgIpc) is 2.39. The number of likely N-dealkylation sites (tertiary alicyclic amines) is 1. The molecule has 0 radical (unpaired) electrons. The van der Waals surface area contributed by atoms with Crippen LogP contribution in [0.1, 0.15) is 18.5 Å². The number of hydrogen-bond acceptors (Lipinski definition) is 5. The molecule has 1 aliphatic heterocycles. The molecule has 1 aliphatic rings. The minimum absolute atomic E-state index is 0.664. The maximum absolute atomic E-state index is 5.38. The van der Waals surface area contributed by atoms with Gasteiger partial charge in [-0.05, 0) is 52.2 Å². The molecule has 0 aromatic carbocycles. The van der Waals surface area contributed by atoms with Crippen LogP contribution in [0.4, 0.5) is 5.82 Å². The molecule has 2 heterocycles. The number of aromatic nitrogens is 1. The Kier molecular flexibility index (Phi) is 4.52. The van der Waals surface area contributed by atoms with E-state index in [9.17, 15) is 0 Å². The molecule has 0 spiro atoms. The lowest BCUT2D eigenvalue weighted by molar-refractivity contribution is 0.138. The third kappa shape index (κ3) is 3.41. The first-order valence-corrected chi connectivity index (χ1v) is 6.50. The van der Waals surface area contributed by atoms with Crippen molar-refractivity contribution in [3.63, 3.8) is 0 Å². The molecule has 0 unspecified atom stereocenters. The summed E-state index contributed by atoms with van der Waals surface area (Å²) >= 11 is 0. The summed E-state index contributed by atoms with van der Waals surface area (Å²) in [7, 11) is 4.37. The maximum atomic E-state index is 5.38. The number of nitrogens with two attached hydrogens (primary N) is 1. The molecule has 1 fully saturated rings. The largest absolute Gasteiger partial charge is 0.308 e. The molecule has 2 rings (SSSR count). The van der Waals surface area contributed by atoms with Crippen LogP contribution >= 0.6 is 0 Å². The molecule has 5 heteroatoms. The molecule has 100 valence electrons. The first-order valence-electron chi connectivity index (χ1n) is 6.50. The molecule has 3 N–H and O–H groups in total. The van der Waals surface area contributed by atoms with Crippen molar-refractivity contribution in [2.45, 2.75) is 25.4 Å². The second kappa shape index (κ2) is 6.13. The van der Waals surface area contributed by atoms with E-state index in [2.05, 4.69) is 34.3 Å². The predicted octanol–water partition coefficient (Wildman–Crippen LogP) is 0.893. The first-order chi connectivity index (χ1) is 8.69. The second-order valence-corrected chi connectivity index (χ2v) is 5.11. The van der Waals surface area contributed by atoms with Gasteiger partial charge in [-0.3, -0.25) is 4.90 Å². The lowest BCUT2D eigenvalue weighted by atomic mass is 10.0. The van der Waals surface area contributed by atoms with Crippen molar-refractivity contribution in [2.75, 3.05) is 32.6 Å². The number of hydrogen-bond donors (Lipinski definition) is 2. The van der Waals surface area contributed by atoms with Gasteiger partial charge < -0.3 is 10.3 Å². The molecule has 0 aliphatic carbocycles. The molecule has 5 nitrogen and oxygen atoms in total. The van der Waals surface area contributed by atoms with Crippen LogP contribution < -0.4 is 11.3 Å². The second-order valence-electron chi connectivity index (χ2n) is 5.11. The fourth-order valence-corrected chi connectivity index (χ4v) is 2.47. The summed E-state index contributed by atoms with van der Waals surface area (Å²) in [6.45, 7) is 3.25. The highest BCUT2D eigenvalue weighted by molar-refractivity contribution is 5.33. The Morgan fingerprint density at radius 2 is 2.17 bits per heavy atom. The Labute approximate surface area is 109 Å². The van der Waals surface area contributed by atoms with Gasteiger partial charge in [-0.25, -0.2) is 10.8 Å². The van der Waals surface area contributed by atoms with E-state index in [1.165, 1.54) is 25.9 Å². The minimum atomic E-state index is 0.664. The monoisotopic (exact) mass is 249 g/mol. The highest BCUT2D eigenvalue weighted by atomic mass is 15.3. The average molecular weight is 249 g/mol. The van der Waals surface area contributed by atoms with Gasteiger partial charge in [0.15, 0.2) is 0 Å². The Balaban J connectivity index is 1.91. The van der Waals surface area contributed by atoms with E-state index in [4.69, 9.17) is 5.84 Å². The van der Waals surface area contributed by atoms with Crippen LogP contribution in [0.3, 0.4) is 0 Å². The SMILES string of the molecule is CN1CCC(N(C)Cc2cccc(NN)n2)CC1.